The van der Waals surface area contributed by atoms with Gasteiger partial charge in [0.15, 0.2) is 10.8 Å². The molecule has 0 aliphatic heterocycles. The van der Waals surface area contributed by atoms with E-state index < -0.39 is 0 Å². The van der Waals surface area contributed by atoms with Crippen molar-refractivity contribution in [2.24, 2.45) is 0 Å². The van der Waals surface area contributed by atoms with Gasteiger partial charge in [-0.05, 0) is 29.8 Å². The van der Waals surface area contributed by atoms with Gasteiger partial charge < -0.3 is 15.0 Å². The minimum Gasteiger partial charge on any atom is -0.495 e. The Morgan fingerprint density at radius 1 is 1.14 bits per heavy atom. The molecule has 2 aromatic carbocycles. The van der Waals surface area contributed by atoms with Crippen molar-refractivity contribution in [1.82, 2.24) is 19.9 Å². The highest BCUT2D eigenvalue weighted by Gasteiger charge is 2.10. The van der Waals surface area contributed by atoms with Crippen LogP contribution in [0.3, 0.4) is 0 Å². The first-order chi connectivity index (χ1) is 14.2. The molecule has 0 spiro atoms. The number of pyridine rings is 1. The Hall–Kier alpha value is -3.52. The first-order valence-corrected chi connectivity index (χ1v) is 9.79. The molecule has 8 heteroatoms. The van der Waals surface area contributed by atoms with Crippen molar-refractivity contribution < 1.29 is 9.13 Å². The molecular formula is C21H16FN5OS. The molecule has 6 nitrogen and oxygen atoms in total. The molecule has 0 amide bonds. The lowest BCUT2D eigenvalue weighted by molar-refractivity contribution is 0.417. The number of aromatic amines is 1. The Bertz CT molecular complexity index is 1330. The largest absolute Gasteiger partial charge is 0.495 e. The molecule has 2 N–H and O–H groups in total. The molecule has 3 aromatic heterocycles. The summed E-state index contributed by atoms with van der Waals surface area (Å²) >= 11 is 1.57. The second-order valence-corrected chi connectivity index (χ2v) is 7.56. The van der Waals surface area contributed by atoms with Crippen LogP contribution in [-0.2, 0) is 6.42 Å². The Morgan fingerprint density at radius 2 is 2.03 bits per heavy atom. The third-order valence-electron chi connectivity index (χ3n) is 4.53. The van der Waals surface area contributed by atoms with E-state index in [2.05, 4.69) is 31.3 Å². The fourth-order valence-corrected chi connectivity index (χ4v) is 4.14. The van der Waals surface area contributed by atoms with E-state index in [1.54, 1.807) is 18.4 Å². The Kier molecular flexibility index (Phi) is 4.33. The Labute approximate surface area is 169 Å². The van der Waals surface area contributed by atoms with Gasteiger partial charge in [-0.1, -0.05) is 29.5 Å². The summed E-state index contributed by atoms with van der Waals surface area (Å²) in [5.74, 6) is 1.13. The summed E-state index contributed by atoms with van der Waals surface area (Å²) in [7, 11) is 1.65. The predicted octanol–water partition coefficient (Wildman–Crippen LogP) is 5.05. The maximum atomic E-state index is 13.3. The number of nitrogens with one attached hydrogen (secondary N) is 2. The number of halogens is 1. The molecule has 5 rings (SSSR count). The highest BCUT2D eigenvalue weighted by atomic mass is 32.1. The van der Waals surface area contributed by atoms with E-state index >= 15 is 0 Å². The summed E-state index contributed by atoms with van der Waals surface area (Å²) in [5.41, 5.74) is 4.00. The van der Waals surface area contributed by atoms with E-state index in [1.165, 1.54) is 12.3 Å². The third-order valence-corrected chi connectivity index (χ3v) is 5.46. The van der Waals surface area contributed by atoms with Crippen LogP contribution in [0.25, 0.3) is 21.4 Å². The van der Waals surface area contributed by atoms with E-state index in [1.807, 2.05) is 36.4 Å². The van der Waals surface area contributed by atoms with Gasteiger partial charge in [-0.15, -0.1) is 0 Å². The quantitative estimate of drug-likeness (QED) is 0.428. The zero-order valence-corrected chi connectivity index (χ0v) is 16.3. The highest BCUT2D eigenvalue weighted by Crippen LogP contribution is 2.32. The van der Waals surface area contributed by atoms with E-state index in [9.17, 15) is 4.39 Å². The summed E-state index contributed by atoms with van der Waals surface area (Å²) in [6.45, 7) is 0. The smallest absolute Gasteiger partial charge is 0.188 e. The summed E-state index contributed by atoms with van der Waals surface area (Å²) in [6, 6.07) is 15.3. The van der Waals surface area contributed by atoms with Gasteiger partial charge in [-0.2, -0.15) is 0 Å². The second kappa shape index (κ2) is 7.14. The third kappa shape index (κ3) is 3.50. The van der Waals surface area contributed by atoms with Crippen LogP contribution in [0, 0.1) is 5.82 Å². The van der Waals surface area contributed by atoms with Crippen molar-refractivity contribution >= 4 is 43.5 Å². The minimum absolute atomic E-state index is 0.381. The zero-order valence-electron chi connectivity index (χ0n) is 15.4. The van der Waals surface area contributed by atoms with Crippen LogP contribution in [0.1, 0.15) is 11.4 Å². The average Bonchev–Trinajstić information content (AvgIpc) is 3.30. The predicted molar refractivity (Wildman–Crippen MR) is 113 cm³/mol. The molecule has 144 valence electrons. The summed E-state index contributed by atoms with van der Waals surface area (Å²) < 4.78 is 19.8. The fraction of sp³-hybridized carbons (Fsp3) is 0.0952. The van der Waals surface area contributed by atoms with Crippen molar-refractivity contribution in [3.8, 4) is 5.75 Å². The van der Waals surface area contributed by atoms with Gasteiger partial charge >= 0.3 is 0 Å². The number of para-hydroxylation sites is 2. The first-order valence-electron chi connectivity index (χ1n) is 8.97. The number of anilines is 2. The van der Waals surface area contributed by atoms with Crippen LogP contribution in [-0.4, -0.2) is 27.0 Å². The van der Waals surface area contributed by atoms with Crippen molar-refractivity contribution in [3.63, 3.8) is 0 Å². The number of nitrogens with zero attached hydrogens (tertiary/aromatic N) is 3. The number of hydrogen-bond donors (Lipinski definition) is 2. The number of thiazole rings is 1. The number of benzene rings is 2. The van der Waals surface area contributed by atoms with Crippen LogP contribution < -0.4 is 10.1 Å². The fourth-order valence-electron chi connectivity index (χ4n) is 3.20. The van der Waals surface area contributed by atoms with Gasteiger partial charge in [0.1, 0.15) is 17.4 Å². The lowest BCUT2D eigenvalue weighted by atomic mass is 10.1. The normalized spacial score (nSPS) is 11.2. The van der Waals surface area contributed by atoms with Gasteiger partial charge in [0.2, 0.25) is 0 Å². The molecular weight excluding hydrogens is 389 g/mol. The molecule has 0 saturated carbocycles. The first kappa shape index (κ1) is 17.6. The van der Waals surface area contributed by atoms with Gasteiger partial charge in [-0.25, -0.2) is 19.3 Å². The van der Waals surface area contributed by atoms with Crippen molar-refractivity contribution in [3.05, 3.63) is 71.9 Å². The molecule has 0 bridgehead atoms. The van der Waals surface area contributed by atoms with Gasteiger partial charge in [-0.3, -0.25) is 0 Å². The van der Waals surface area contributed by atoms with Crippen molar-refractivity contribution in [2.45, 2.75) is 6.42 Å². The van der Waals surface area contributed by atoms with Crippen LogP contribution in [0.15, 0.2) is 54.7 Å². The lowest BCUT2D eigenvalue weighted by Crippen LogP contribution is -1.93. The highest BCUT2D eigenvalue weighted by molar-refractivity contribution is 7.22. The molecule has 0 aliphatic rings. The van der Waals surface area contributed by atoms with Crippen LogP contribution in [0.2, 0.25) is 0 Å². The molecule has 0 aliphatic carbocycles. The van der Waals surface area contributed by atoms with E-state index in [-0.39, 0.29) is 5.82 Å². The van der Waals surface area contributed by atoms with E-state index in [0.717, 1.165) is 38.2 Å². The van der Waals surface area contributed by atoms with Crippen molar-refractivity contribution in [1.29, 1.82) is 0 Å². The SMILES string of the molecule is COc1ccccc1Nc1nc2ccc(Cc3nc4ncc(F)cc4[nH]3)cc2s1. The van der Waals surface area contributed by atoms with E-state index in [4.69, 9.17) is 4.74 Å². The molecule has 0 atom stereocenters. The van der Waals surface area contributed by atoms with Crippen molar-refractivity contribution in [2.75, 3.05) is 12.4 Å². The summed E-state index contributed by atoms with van der Waals surface area (Å²) in [4.78, 5) is 16.2. The maximum absolute atomic E-state index is 13.3. The number of rotatable bonds is 5. The number of methoxy groups -OCH3 is 1. The molecule has 0 unspecified atom stereocenters. The summed E-state index contributed by atoms with van der Waals surface area (Å²) in [5, 5.41) is 4.12. The maximum Gasteiger partial charge on any atom is 0.188 e. The number of fused-ring (bicyclic) bond motifs is 2. The topological polar surface area (TPSA) is 75.7 Å². The Morgan fingerprint density at radius 3 is 2.93 bits per heavy atom. The number of H-pyrrole nitrogens is 1. The van der Waals surface area contributed by atoms with Gasteiger partial charge in [0.25, 0.3) is 0 Å². The number of imidazole rings is 1. The number of ether oxygens (including phenoxy) is 1. The molecule has 0 radical (unpaired) electrons. The molecule has 29 heavy (non-hydrogen) atoms. The molecule has 3 heterocycles. The lowest BCUT2D eigenvalue weighted by Gasteiger charge is -2.07. The average molecular weight is 405 g/mol. The summed E-state index contributed by atoms with van der Waals surface area (Å²) in [6.07, 6.45) is 1.77. The number of aromatic nitrogens is 4. The van der Waals surface area contributed by atoms with Gasteiger partial charge in [0, 0.05) is 12.5 Å². The molecule has 5 aromatic rings. The van der Waals surface area contributed by atoms with Crippen LogP contribution >= 0.6 is 11.3 Å². The van der Waals surface area contributed by atoms with Crippen LogP contribution in [0.5, 0.6) is 5.75 Å². The molecule has 0 fully saturated rings. The molecule has 0 saturated heterocycles. The van der Waals surface area contributed by atoms with E-state index in [0.29, 0.717) is 17.6 Å². The second-order valence-electron chi connectivity index (χ2n) is 6.53. The minimum atomic E-state index is -0.381. The standard InChI is InChI=1S/C21H16FN5OS/c1-28-17-5-3-2-4-14(17)25-21-26-15-7-6-12(8-18(15)29-21)9-19-24-16-10-13(22)11-23-20(16)27-19/h2-8,10-11H,9H2,1H3,(H,25,26)(H,23,24,27). The van der Waals surface area contributed by atoms with Crippen LogP contribution in [0.4, 0.5) is 15.2 Å². The zero-order chi connectivity index (χ0) is 19.8. The van der Waals surface area contributed by atoms with Gasteiger partial charge in [0.05, 0.1) is 34.7 Å². The number of hydrogen-bond acceptors (Lipinski definition) is 6. The Balaban J connectivity index is 1.41. The monoisotopic (exact) mass is 405 g/mol.